The van der Waals surface area contributed by atoms with Gasteiger partial charge in [-0.05, 0) is 34.7 Å². The molecule has 1 aliphatic rings. The number of nitrogens with zero attached hydrogens (tertiary/aromatic N) is 2. The molecule has 0 saturated heterocycles. The maximum Gasteiger partial charge on any atom is 0.267 e. The molecule has 0 spiro atoms. The second-order valence-corrected chi connectivity index (χ2v) is 4.05. The van der Waals surface area contributed by atoms with Gasteiger partial charge < -0.3 is 0 Å². The van der Waals surface area contributed by atoms with E-state index in [0.29, 0.717) is 5.92 Å². The van der Waals surface area contributed by atoms with E-state index in [2.05, 4.69) is 21.0 Å². The zero-order chi connectivity index (χ0) is 8.55. The smallest absolute Gasteiger partial charge is 0.267 e. The summed E-state index contributed by atoms with van der Waals surface area (Å²) in [6, 6.07) is 1.55. The minimum Gasteiger partial charge on any atom is -0.268 e. The minimum absolute atomic E-state index is 0.0173. The molecule has 1 aromatic heterocycles. The molecule has 3 nitrogen and oxygen atoms in total. The van der Waals surface area contributed by atoms with Crippen LogP contribution >= 0.6 is 15.9 Å². The van der Waals surface area contributed by atoms with E-state index in [0.717, 1.165) is 11.0 Å². The minimum atomic E-state index is -0.0173. The first-order valence-corrected chi connectivity index (χ1v) is 4.77. The van der Waals surface area contributed by atoms with Gasteiger partial charge in [-0.2, -0.15) is 5.10 Å². The summed E-state index contributed by atoms with van der Waals surface area (Å²) >= 11 is 3.20. The molecular formula is C8H9BrN2O. The van der Waals surface area contributed by atoms with Crippen LogP contribution in [0.3, 0.4) is 0 Å². The molecule has 0 N–H and O–H groups in total. The molecule has 1 aromatic rings. The van der Waals surface area contributed by atoms with Crippen LogP contribution in [0.5, 0.6) is 0 Å². The lowest BCUT2D eigenvalue weighted by Gasteiger charge is -2.00. The van der Waals surface area contributed by atoms with E-state index in [-0.39, 0.29) is 5.56 Å². The van der Waals surface area contributed by atoms with Gasteiger partial charge in [-0.3, -0.25) is 4.79 Å². The Morgan fingerprint density at radius 2 is 2.42 bits per heavy atom. The third kappa shape index (κ3) is 1.75. The predicted octanol–water partition coefficient (Wildman–Crippen LogP) is 1.42. The van der Waals surface area contributed by atoms with E-state index in [1.807, 2.05) is 0 Å². The van der Waals surface area contributed by atoms with E-state index < -0.39 is 0 Å². The first-order chi connectivity index (χ1) is 5.75. The summed E-state index contributed by atoms with van der Waals surface area (Å²) in [5, 5.41) is 4.02. The fourth-order valence-electron chi connectivity index (χ4n) is 1.09. The largest absolute Gasteiger partial charge is 0.268 e. The summed E-state index contributed by atoms with van der Waals surface area (Å²) in [4.78, 5) is 11.3. The van der Waals surface area contributed by atoms with Crippen molar-refractivity contribution in [2.24, 2.45) is 5.92 Å². The summed E-state index contributed by atoms with van der Waals surface area (Å²) in [6.07, 6.45) is 4.14. The van der Waals surface area contributed by atoms with Gasteiger partial charge in [0.05, 0.1) is 6.20 Å². The van der Waals surface area contributed by atoms with Crippen LogP contribution in [0.4, 0.5) is 0 Å². The van der Waals surface area contributed by atoms with Gasteiger partial charge >= 0.3 is 0 Å². The van der Waals surface area contributed by atoms with Gasteiger partial charge in [0.25, 0.3) is 5.56 Å². The highest BCUT2D eigenvalue weighted by molar-refractivity contribution is 9.10. The lowest BCUT2D eigenvalue weighted by molar-refractivity contribution is 0.532. The maximum atomic E-state index is 11.3. The number of aromatic nitrogens is 2. The zero-order valence-corrected chi connectivity index (χ0v) is 8.12. The summed E-state index contributed by atoms with van der Waals surface area (Å²) in [7, 11) is 0. The second kappa shape index (κ2) is 3.01. The van der Waals surface area contributed by atoms with E-state index in [4.69, 9.17) is 0 Å². The Morgan fingerprint density at radius 1 is 1.67 bits per heavy atom. The van der Waals surface area contributed by atoms with Crippen molar-refractivity contribution in [1.29, 1.82) is 0 Å². The molecule has 0 radical (unpaired) electrons. The summed E-state index contributed by atoms with van der Waals surface area (Å²) in [6.45, 7) is 0.784. The van der Waals surface area contributed by atoms with Gasteiger partial charge in [0, 0.05) is 17.1 Å². The van der Waals surface area contributed by atoms with Crippen molar-refractivity contribution in [1.82, 2.24) is 9.78 Å². The van der Waals surface area contributed by atoms with Gasteiger partial charge in [-0.1, -0.05) is 0 Å². The van der Waals surface area contributed by atoms with Crippen molar-refractivity contribution < 1.29 is 0 Å². The van der Waals surface area contributed by atoms with Crippen LogP contribution in [0.1, 0.15) is 12.8 Å². The molecule has 0 unspecified atom stereocenters. The standard InChI is InChI=1S/C8H9BrN2O/c9-7-3-8(12)11(10-4-7)5-6-1-2-6/h3-4,6H,1-2,5H2. The Morgan fingerprint density at radius 3 is 3.00 bits per heavy atom. The van der Waals surface area contributed by atoms with E-state index in [1.54, 1.807) is 12.3 Å². The molecule has 64 valence electrons. The van der Waals surface area contributed by atoms with Crippen LogP contribution in [0, 0.1) is 5.92 Å². The molecule has 1 saturated carbocycles. The Labute approximate surface area is 78.5 Å². The maximum absolute atomic E-state index is 11.3. The van der Waals surface area contributed by atoms with Crippen molar-refractivity contribution in [3.63, 3.8) is 0 Å². The summed E-state index contributed by atoms with van der Waals surface area (Å²) < 4.78 is 2.28. The van der Waals surface area contributed by atoms with E-state index >= 15 is 0 Å². The zero-order valence-electron chi connectivity index (χ0n) is 6.53. The molecule has 0 atom stereocenters. The fraction of sp³-hybridized carbons (Fsp3) is 0.500. The van der Waals surface area contributed by atoms with Gasteiger partial charge in [-0.15, -0.1) is 0 Å². The van der Waals surface area contributed by atoms with Crippen molar-refractivity contribution in [2.75, 3.05) is 0 Å². The van der Waals surface area contributed by atoms with Crippen molar-refractivity contribution in [3.05, 3.63) is 27.1 Å². The molecule has 0 bridgehead atoms. The average molecular weight is 229 g/mol. The predicted molar refractivity (Wildman–Crippen MR) is 48.9 cm³/mol. The average Bonchev–Trinajstić information content (AvgIpc) is 2.79. The van der Waals surface area contributed by atoms with Crippen LogP contribution in [0.25, 0.3) is 0 Å². The van der Waals surface area contributed by atoms with Crippen molar-refractivity contribution in [2.45, 2.75) is 19.4 Å². The Balaban J connectivity index is 2.24. The molecule has 0 aromatic carbocycles. The van der Waals surface area contributed by atoms with Crippen molar-refractivity contribution >= 4 is 15.9 Å². The normalized spacial score (nSPS) is 16.4. The third-order valence-electron chi connectivity index (χ3n) is 1.96. The lowest BCUT2D eigenvalue weighted by Crippen LogP contribution is -2.22. The van der Waals surface area contributed by atoms with Gasteiger partial charge in [0.1, 0.15) is 0 Å². The van der Waals surface area contributed by atoms with Crippen LogP contribution in [-0.4, -0.2) is 9.78 Å². The molecular weight excluding hydrogens is 220 g/mol. The van der Waals surface area contributed by atoms with Gasteiger partial charge in [-0.25, -0.2) is 4.68 Å². The highest BCUT2D eigenvalue weighted by Gasteiger charge is 2.22. The molecule has 0 aliphatic heterocycles. The van der Waals surface area contributed by atoms with E-state index in [1.165, 1.54) is 17.5 Å². The Bertz CT molecular complexity index is 343. The summed E-state index contributed by atoms with van der Waals surface area (Å²) in [5.74, 6) is 0.691. The molecule has 12 heavy (non-hydrogen) atoms. The van der Waals surface area contributed by atoms with E-state index in [9.17, 15) is 4.79 Å². The quantitative estimate of drug-likeness (QED) is 0.768. The molecule has 1 fully saturated rings. The molecule has 1 heterocycles. The third-order valence-corrected chi connectivity index (χ3v) is 2.40. The topological polar surface area (TPSA) is 34.9 Å². The molecule has 4 heteroatoms. The van der Waals surface area contributed by atoms with Gasteiger partial charge in [0.15, 0.2) is 0 Å². The summed E-state index contributed by atoms with van der Waals surface area (Å²) in [5.41, 5.74) is -0.0173. The van der Waals surface area contributed by atoms with Crippen molar-refractivity contribution in [3.8, 4) is 0 Å². The Hall–Kier alpha value is -0.640. The van der Waals surface area contributed by atoms with Crippen LogP contribution in [0.2, 0.25) is 0 Å². The lowest BCUT2D eigenvalue weighted by atomic mass is 10.4. The molecule has 1 aliphatic carbocycles. The number of hydrogen-bond acceptors (Lipinski definition) is 2. The van der Waals surface area contributed by atoms with Crippen LogP contribution in [-0.2, 0) is 6.54 Å². The number of hydrogen-bond donors (Lipinski definition) is 0. The number of halogens is 1. The van der Waals surface area contributed by atoms with Crippen LogP contribution in [0.15, 0.2) is 21.5 Å². The fourth-order valence-corrected chi connectivity index (χ4v) is 1.38. The Kier molecular flexibility index (Phi) is 2.00. The van der Waals surface area contributed by atoms with Gasteiger partial charge in [0.2, 0.25) is 0 Å². The van der Waals surface area contributed by atoms with Crippen LogP contribution < -0.4 is 5.56 Å². The number of rotatable bonds is 2. The molecule has 2 rings (SSSR count). The first kappa shape index (κ1) is 7.98. The second-order valence-electron chi connectivity index (χ2n) is 3.14. The monoisotopic (exact) mass is 228 g/mol. The highest BCUT2D eigenvalue weighted by atomic mass is 79.9. The first-order valence-electron chi connectivity index (χ1n) is 3.98. The highest BCUT2D eigenvalue weighted by Crippen LogP contribution is 2.29. The SMILES string of the molecule is O=c1cc(Br)cnn1CC1CC1. The molecule has 0 amide bonds.